The van der Waals surface area contributed by atoms with Gasteiger partial charge in [0.2, 0.25) is 0 Å². The van der Waals surface area contributed by atoms with Crippen LogP contribution in [0.2, 0.25) is 0 Å². The number of aromatic nitrogens is 4. The fourth-order valence-electron chi connectivity index (χ4n) is 1.80. The first kappa shape index (κ1) is 10.0. The highest BCUT2D eigenvalue weighted by molar-refractivity contribution is 5.67. The third-order valence-corrected chi connectivity index (χ3v) is 2.74. The third kappa shape index (κ3) is 1.70. The summed E-state index contributed by atoms with van der Waals surface area (Å²) in [6, 6.07) is 0. The van der Waals surface area contributed by atoms with Crippen molar-refractivity contribution in [2.75, 3.05) is 0 Å². The van der Waals surface area contributed by atoms with Crippen LogP contribution in [-0.2, 0) is 5.54 Å². The predicted molar refractivity (Wildman–Crippen MR) is 63.9 cm³/mol. The van der Waals surface area contributed by atoms with Crippen molar-refractivity contribution >= 4 is 11.2 Å². The molecule has 0 radical (unpaired) electrons. The summed E-state index contributed by atoms with van der Waals surface area (Å²) in [5.41, 5.74) is 6.87. The molecule has 3 rings (SSSR count). The largest absolute Gasteiger partial charge is 0.315 e. The van der Waals surface area contributed by atoms with Gasteiger partial charge in [-0.1, -0.05) is 24.3 Å². The lowest BCUT2D eigenvalue weighted by molar-refractivity contribution is 0.527. The number of nitrogens with two attached hydrogens (primary N) is 1. The van der Waals surface area contributed by atoms with Gasteiger partial charge >= 0.3 is 0 Å². The molecule has 2 N–H and O–H groups in total. The monoisotopic (exact) mass is 225 g/mol. The molecule has 5 nitrogen and oxygen atoms in total. The van der Waals surface area contributed by atoms with Gasteiger partial charge in [-0.15, -0.1) is 0 Å². The molecule has 2 heterocycles. The molecule has 0 amide bonds. The van der Waals surface area contributed by atoms with Crippen LogP contribution >= 0.6 is 0 Å². The van der Waals surface area contributed by atoms with E-state index < -0.39 is 5.54 Å². The zero-order valence-electron chi connectivity index (χ0n) is 9.11. The zero-order valence-corrected chi connectivity index (χ0v) is 9.11. The van der Waals surface area contributed by atoms with Crippen LogP contribution in [0.1, 0.15) is 12.2 Å². The quantitative estimate of drug-likeness (QED) is 0.786. The van der Waals surface area contributed by atoms with Crippen LogP contribution in [0.25, 0.3) is 11.2 Å². The highest BCUT2D eigenvalue weighted by Gasteiger charge is 2.27. The molecule has 0 aliphatic heterocycles. The van der Waals surface area contributed by atoms with Crippen LogP contribution in [0.15, 0.2) is 42.9 Å². The fraction of sp³-hybridized carbons (Fsp3) is 0.167. The van der Waals surface area contributed by atoms with Gasteiger partial charge in [0.15, 0.2) is 11.5 Å². The first-order valence-electron chi connectivity index (χ1n) is 5.35. The van der Waals surface area contributed by atoms with Crippen LogP contribution in [-0.4, -0.2) is 19.9 Å². The maximum Gasteiger partial charge on any atom is 0.181 e. The standard InChI is InChI=1S/C12H11N5/c13-12(4-2-1-3-5-12)11-16-8-9-10(17-11)15-7-6-14-9/h1-4,6-8H,5,13H2. The van der Waals surface area contributed by atoms with Crippen LogP contribution in [0.4, 0.5) is 0 Å². The van der Waals surface area contributed by atoms with Crippen molar-refractivity contribution in [3.63, 3.8) is 0 Å². The minimum absolute atomic E-state index is 0.574. The molecule has 0 fully saturated rings. The van der Waals surface area contributed by atoms with Crippen molar-refractivity contribution in [1.82, 2.24) is 19.9 Å². The highest BCUT2D eigenvalue weighted by Crippen LogP contribution is 2.24. The lowest BCUT2D eigenvalue weighted by Gasteiger charge is -2.24. The van der Waals surface area contributed by atoms with E-state index in [2.05, 4.69) is 19.9 Å². The van der Waals surface area contributed by atoms with Crippen LogP contribution < -0.4 is 5.73 Å². The molecule has 17 heavy (non-hydrogen) atoms. The molecule has 1 atom stereocenters. The van der Waals surface area contributed by atoms with Crippen molar-refractivity contribution in [3.05, 3.63) is 48.7 Å². The summed E-state index contributed by atoms with van der Waals surface area (Å²) in [6.45, 7) is 0. The second-order valence-electron chi connectivity index (χ2n) is 3.99. The number of nitrogens with zero attached hydrogens (tertiary/aromatic N) is 4. The molecule has 84 valence electrons. The molecule has 0 bridgehead atoms. The number of allylic oxidation sites excluding steroid dienone is 2. The minimum Gasteiger partial charge on any atom is -0.315 e. The van der Waals surface area contributed by atoms with E-state index in [0.717, 1.165) is 0 Å². The van der Waals surface area contributed by atoms with E-state index in [9.17, 15) is 0 Å². The average molecular weight is 225 g/mol. The lowest BCUT2D eigenvalue weighted by Crippen LogP contribution is -2.36. The average Bonchev–Trinajstić information content (AvgIpc) is 2.39. The number of rotatable bonds is 1. The maximum atomic E-state index is 6.26. The molecule has 5 heteroatoms. The molecule has 1 aliphatic rings. The summed E-state index contributed by atoms with van der Waals surface area (Å²) in [6.07, 6.45) is 13.4. The maximum absolute atomic E-state index is 6.26. The van der Waals surface area contributed by atoms with Gasteiger partial charge in [0.1, 0.15) is 5.52 Å². The molecule has 0 aromatic carbocycles. The smallest absolute Gasteiger partial charge is 0.181 e. The Balaban J connectivity index is 2.12. The molecule has 0 saturated carbocycles. The van der Waals surface area contributed by atoms with E-state index in [4.69, 9.17) is 5.73 Å². The number of hydrogen-bond donors (Lipinski definition) is 1. The summed E-state index contributed by atoms with van der Waals surface area (Å²) < 4.78 is 0. The molecule has 2 aromatic rings. The van der Waals surface area contributed by atoms with E-state index in [1.54, 1.807) is 18.6 Å². The Kier molecular flexibility index (Phi) is 2.19. The van der Waals surface area contributed by atoms with Crippen LogP contribution in [0.3, 0.4) is 0 Å². The summed E-state index contributed by atoms with van der Waals surface area (Å²) in [5.74, 6) is 0.575. The predicted octanol–water partition coefficient (Wildman–Crippen LogP) is 1.09. The molecule has 1 unspecified atom stereocenters. The van der Waals surface area contributed by atoms with Gasteiger partial charge in [-0.05, 0) is 6.42 Å². The van der Waals surface area contributed by atoms with Crippen molar-refractivity contribution in [2.45, 2.75) is 12.0 Å². The SMILES string of the molecule is NC1(c2ncc3nccnc3n2)C=CC=CC1. The number of fused-ring (bicyclic) bond motifs is 1. The Labute approximate surface area is 98.1 Å². The normalized spacial score (nSPS) is 23.1. The molecule has 0 saturated heterocycles. The Morgan fingerprint density at radius 2 is 2.00 bits per heavy atom. The fourth-order valence-corrected chi connectivity index (χ4v) is 1.80. The van der Waals surface area contributed by atoms with E-state index >= 15 is 0 Å². The summed E-state index contributed by atoms with van der Waals surface area (Å²) in [4.78, 5) is 16.9. The zero-order chi connectivity index (χ0) is 11.7. The van der Waals surface area contributed by atoms with Crippen molar-refractivity contribution in [3.8, 4) is 0 Å². The third-order valence-electron chi connectivity index (χ3n) is 2.74. The van der Waals surface area contributed by atoms with Gasteiger partial charge < -0.3 is 5.73 Å². The van der Waals surface area contributed by atoms with Gasteiger partial charge in [-0.3, -0.25) is 0 Å². The molecule has 1 aliphatic carbocycles. The van der Waals surface area contributed by atoms with Crippen LogP contribution in [0, 0.1) is 0 Å². The van der Waals surface area contributed by atoms with Gasteiger partial charge in [-0.25, -0.2) is 19.9 Å². The van der Waals surface area contributed by atoms with E-state index in [1.165, 1.54) is 0 Å². The number of hydrogen-bond acceptors (Lipinski definition) is 5. The van der Waals surface area contributed by atoms with Crippen LogP contribution in [0.5, 0.6) is 0 Å². The van der Waals surface area contributed by atoms with Gasteiger partial charge in [0.25, 0.3) is 0 Å². The molecule has 2 aromatic heterocycles. The lowest BCUT2D eigenvalue weighted by atomic mass is 9.91. The summed E-state index contributed by atoms with van der Waals surface area (Å²) in [5, 5.41) is 0. The Hall–Kier alpha value is -2.14. The van der Waals surface area contributed by atoms with Crippen molar-refractivity contribution in [2.24, 2.45) is 5.73 Å². The molecule has 0 spiro atoms. The second kappa shape index (κ2) is 3.71. The first-order chi connectivity index (χ1) is 8.28. The molecular formula is C12H11N5. The first-order valence-corrected chi connectivity index (χ1v) is 5.35. The van der Waals surface area contributed by atoms with Crippen molar-refractivity contribution in [1.29, 1.82) is 0 Å². The summed E-state index contributed by atoms with van der Waals surface area (Å²) in [7, 11) is 0. The molecular weight excluding hydrogens is 214 g/mol. The van der Waals surface area contributed by atoms with Gasteiger partial charge in [0, 0.05) is 12.4 Å². The second-order valence-corrected chi connectivity index (χ2v) is 3.99. The summed E-state index contributed by atoms with van der Waals surface area (Å²) >= 11 is 0. The highest BCUT2D eigenvalue weighted by atomic mass is 15.0. The van der Waals surface area contributed by atoms with E-state index in [-0.39, 0.29) is 0 Å². The topological polar surface area (TPSA) is 77.6 Å². The van der Waals surface area contributed by atoms with E-state index in [0.29, 0.717) is 23.4 Å². The Morgan fingerprint density at radius 1 is 1.12 bits per heavy atom. The van der Waals surface area contributed by atoms with Gasteiger partial charge in [0.05, 0.1) is 11.7 Å². The van der Waals surface area contributed by atoms with Crippen molar-refractivity contribution < 1.29 is 0 Å². The van der Waals surface area contributed by atoms with E-state index in [1.807, 2.05) is 24.3 Å². The van der Waals surface area contributed by atoms with Gasteiger partial charge in [-0.2, -0.15) is 0 Å². The minimum atomic E-state index is -0.638. The Bertz CT molecular complexity index is 619. The Morgan fingerprint density at radius 3 is 2.82 bits per heavy atom.